The molecule has 1 atom stereocenters. The van der Waals surface area contributed by atoms with Gasteiger partial charge in [-0.15, -0.1) is 0 Å². The number of rotatable bonds is 2. The van der Waals surface area contributed by atoms with Gasteiger partial charge in [0.15, 0.2) is 0 Å². The Kier molecular flexibility index (Phi) is 4.32. The van der Waals surface area contributed by atoms with E-state index in [0.29, 0.717) is 35.5 Å². The van der Waals surface area contributed by atoms with Crippen molar-refractivity contribution < 1.29 is 14.4 Å². The van der Waals surface area contributed by atoms with Crippen molar-refractivity contribution in [3.8, 4) is 0 Å². The molecule has 6 heteroatoms. The largest absolute Gasteiger partial charge is 0.324 e. The van der Waals surface area contributed by atoms with E-state index in [9.17, 15) is 14.4 Å². The van der Waals surface area contributed by atoms with Gasteiger partial charge in [0, 0.05) is 24.2 Å². The fraction of sp³-hybridized carbons (Fsp3) is 0.125. The van der Waals surface area contributed by atoms with E-state index in [0.717, 1.165) is 11.1 Å². The van der Waals surface area contributed by atoms with Crippen molar-refractivity contribution in [2.45, 2.75) is 19.0 Å². The molecule has 30 heavy (non-hydrogen) atoms. The lowest BCUT2D eigenvalue weighted by atomic mass is 9.92. The number of nitrogens with one attached hydrogen (secondary N) is 2. The molecule has 0 aromatic heterocycles. The third-order valence-corrected chi connectivity index (χ3v) is 5.61. The summed E-state index contributed by atoms with van der Waals surface area (Å²) in [5, 5.41) is 5.79. The second-order valence-electron chi connectivity index (χ2n) is 7.49. The second kappa shape index (κ2) is 7.15. The minimum absolute atomic E-state index is 0.168. The van der Waals surface area contributed by atoms with E-state index in [1.165, 1.54) is 0 Å². The van der Waals surface area contributed by atoms with E-state index in [2.05, 4.69) is 10.6 Å². The molecule has 2 N–H and O–H groups in total. The highest BCUT2D eigenvalue weighted by Gasteiger charge is 2.38. The van der Waals surface area contributed by atoms with Crippen LogP contribution in [-0.4, -0.2) is 28.7 Å². The summed E-state index contributed by atoms with van der Waals surface area (Å²) in [7, 11) is 0. The summed E-state index contributed by atoms with van der Waals surface area (Å²) >= 11 is 0. The van der Waals surface area contributed by atoms with Gasteiger partial charge in [-0.3, -0.25) is 14.4 Å². The zero-order valence-corrected chi connectivity index (χ0v) is 16.1. The van der Waals surface area contributed by atoms with Gasteiger partial charge in [0.2, 0.25) is 5.91 Å². The molecule has 0 bridgehead atoms. The van der Waals surface area contributed by atoms with Crippen LogP contribution in [-0.2, 0) is 17.8 Å². The summed E-state index contributed by atoms with van der Waals surface area (Å²) in [6.45, 7) is 0.315. The Bertz CT molecular complexity index is 1170. The van der Waals surface area contributed by atoms with Crippen LogP contribution in [0.3, 0.4) is 0 Å². The quantitative estimate of drug-likeness (QED) is 0.695. The Hall–Kier alpha value is -3.93. The Morgan fingerprint density at radius 2 is 1.70 bits per heavy atom. The standard InChI is InChI=1S/C24H19N3O3/c28-22(15-6-2-1-3-7-15)25-18-11-10-16-13-21-23(29)26-20-9-5-4-8-19(20)24(30)27(21)14-17(16)12-18/h1-12,21H,13-14H2,(H,25,28)(H,26,29). The van der Waals surface area contributed by atoms with Crippen LogP contribution in [0.1, 0.15) is 31.8 Å². The summed E-state index contributed by atoms with van der Waals surface area (Å²) in [5.41, 5.74) is 4.20. The lowest BCUT2D eigenvalue weighted by molar-refractivity contribution is -0.120. The van der Waals surface area contributed by atoms with E-state index in [4.69, 9.17) is 0 Å². The minimum atomic E-state index is -0.554. The van der Waals surface area contributed by atoms with Gasteiger partial charge in [0.1, 0.15) is 6.04 Å². The van der Waals surface area contributed by atoms with Gasteiger partial charge in [-0.1, -0.05) is 36.4 Å². The fourth-order valence-corrected chi connectivity index (χ4v) is 4.05. The zero-order valence-electron chi connectivity index (χ0n) is 16.1. The predicted octanol–water partition coefficient (Wildman–Crippen LogP) is 3.46. The van der Waals surface area contributed by atoms with Crippen molar-refractivity contribution in [3.63, 3.8) is 0 Å². The van der Waals surface area contributed by atoms with Crippen LogP contribution in [0.4, 0.5) is 11.4 Å². The minimum Gasteiger partial charge on any atom is -0.324 e. The van der Waals surface area contributed by atoms with Crippen LogP contribution in [0, 0.1) is 0 Å². The Balaban J connectivity index is 1.44. The van der Waals surface area contributed by atoms with E-state index >= 15 is 0 Å². The summed E-state index contributed by atoms with van der Waals surface area (Å²) in [6, 6.07) is 21.1. The molecule has 0 aliphatic carbocycles. The molecule has 0 fully saturated rings. The van der Waals surface area contributed by atoms with Gasteiger partial charge in [-0.25, -0.2) is 0 Å². The van der Waals surface area contributed by atoms with Crippen molar-refractivity contribution >= 4 is 29.1 Å². The predicted molar refractivity (Wildman–Crippen MR) is 113 cm³/mol. The average Bonchev–Trinajstić information content (AvgIpc) is 2.87. The van der Waals surface area contributed by atoms with Crippen molar-refractivity contribution in [3.05, 3.63) is 95.1 Å². The van der Waals surface area contributed by atoms with Crippen molar-refractivity contribution in [1.82, 2.24) is 4.90 Å². The third kappa shape index (κ3) is 3.12. The molecule has 0 radical (unpaired) electrons. The maximum absolute atomic E-state index is 13.1. The van der Waals surface area contributed by atoms with Crippen LogP contribution in [0.2, 0.25) is 0 Å². The molecule has 2 heterocycles. The highest BCUT2D eigenvalue weighted by atomic mass is 16.2. The first-order valence-electron chi connectivity index (χ1n) is 9.79. The molecule has 148 valence electrons. The number of fused-ring (bicyclic) bond motifs is 3. The van der Waals surface area contributed by atoms with E-state index in [-0.39, 0.29) is 17.7 Å². The van der Waals surface area contributed by atoms with E-state index in [1.54, 1.807) is 41.3 Å². The summed E-state index contributed by atoms with van der Waals surface area (Å²) in [5.74, 6) is -0.540. The van der Waals surface area contributed by atoms with Gasteiger partial charge in [0.05, 0.1) is 11.3 Å². The van der Waals surface area contributed by atoms with E-state index in [1.807, 2.05) is 36.4 Å². The zero-order chi connectivity index (χ0) is 20.7. The number of anilines is 2. The first-order chi connectivity index (χ1) is 14.6. The number of amides is 3. The molecule has 1 unspecified atom stereocenters. The smallest absolute Gasteiger partial charge is 0.256 e. The monoisotopic (exact) mass is 397 g/mol. The molecule has 2 aliphatic rings. The highest BCUT2D eigenvalue weighted by Crippen LogP contribution is 2.31. The second-order valence-corrected chi connectivity index (χ2v) is 7.49. The van der Waals surface area contributed by atoms with Gasteiger partial charge >= 0.3 is 0 Å². The van der Waals surface area contributed by atoms with Crippen LogP contribution in [0.15, 0.2) is 72.8 Å². The molecule has 0 saturated carbocycles. The van der Waals surface area contributed by atoms with Crippen molar-refractivity contribution in [2.24, 2.45) is 0 Å². The molecule has 5 rings (SSSR count). The average molecular weight is 397 g/mol. The van der Waals surface area contributed by atoms with Gasteiger partial charge < -0.3 is 15.5 Å². The molecule has 0 saturated heterocycles. The third-order valence-electron chi connectivity index (χ3n) is 5.61. The highest BCUT2D eigenvalue weighted by molar-refractivity contribution is 6.10. The Morgan fingerprint density at radius 3 is 2.53 bits per heavy atom. The number of benzene rings is 3. The summed E-state index contributed by atoms with van der Waals surface area (Å²) in [6.07, 6.45) is 0.438. The molecule has 6 nitrogen and oxygen atoms in total. The van der Waals surface area contributed by atoms with Crippen LogP contribution in [0.25, 0.3) is 0 Å². The van der Waals surface area contributed by atoms with Gasteiger partial charge in [0.25, 0.3) is 11.8 Å². The number of hydrogen-bond donors (Lipinski definition) is 2. The van der Waals surface area contributed by atoms with Crippen LogP contribution >= 0.6 is 0 Å². The first-order valence-corrected chi connectivity index (χ1v) is 9.79. The fourth-order valence-electron chi connectivity index (χ4n) is 4.05. The van der Waals surface area contributed by atoms with Crippen LogP contribution < -0.4 is 10.6 Å². The Labute approximate surface area is 173 Å². The summed E-state index contributed by atoms with van der Waals surface area (Å²) in [4.78, 5) is 40.0. The number of hydrogen-bond acceptors (Lipinski definition) is 3. The number of nitrogens with zero attached hydrogens (tertiary/aromatic N) is 1. The van der Waals surface area contributed by atoms with Gasteiger partial charge in [-0.2, -0.15) is 0 Å². The molecule has 2 aliphatic heterocycles. The van der Waals surface area contributed by atoms with Gasteiger partial charge in [-0.05, 0) is 47.5 Å². The molecule has 3 aromatic carbocycles. The van der Waals surface area contributed by atoms with Crippen molar-refractivity contribution in [2.75, 3.05) is 10.6 Å². The maximum atomic E-state index is 13.1. The SMILES string of the molecule is O=C(Nc1ccc2c(c1)CN1C(=O)c3ccccc3NC(=O)C1C2)c1ccccc1. The topological polar surface area (TPSA) is 78.5 Å². The lowest BCUT2D eigenvalue weighted by Crippen LogP contribution is -2.48. The molecule has 3 amide bonds. The summed E-state index contributed by atoms with van der Waals surface area (Å²) < 4.78 is 0. The molecular formula is C24H19N3O3. The van der Waals surface area contributed by atoms with Crippen LogP contribution in [0.5, 0.6) is 0 Å². The number of carbonyl (C=O) groups excluding carboxylic acids is 3. The Morgan fingerprint density at radius 1 is 0.933 bits per heavy atom. The molecule has 0 spiro atoms. The number of para-hydroxylation sites is 1. The first kappa shape index (κ1) is 18.1. The lowest BCUT2D eigenvalue weighted by Gasteiger charge is -2.34. The molecule has 3 aromatic rings. The normalized spacial score (nSPS) is 17.2. The maximum Gasteiger partial charge on any atom is 0.256 e. The van der Waals surface area contributed by atoms with E-state index < -0.39 is 6.04 Å². The number of carbonyl (C=O) groups is 3. The molecular weight excluding hydrogens is 378 g/mol. The van der Waals surface area contributed by atoms with Crippen molar-refractivity contribution in [1.29, 1.82) is 0 Å².